The van der Waals surface area contributed by atoms with Gasteiger partial charge in [-0.2, -0.15) is 4.98 Å². The van der Waals surface area contributed by atoms with Gasteiger partial charge in [0, 0.05) is 19.8 Å². The van der Waals surface area contributed by atoms with Crippen LogP contribution in [0.25, 0.3) is 0 Å². The van der Waals surface area contributed by atoms with Gasteiger partial charge in [0.05, 0.1) is 11.4 Å². The number of benzene rings is 1. The summed E-state index contributed by atoms with van der Waals surface area (Å²) in [5, 5.41) is 9.96. The van der Waals surface area contributed by atoms with E-state index in [1.807, 2.05) is 12.1 Å². The molecule has 8 nitrogen and oxygen atoms in total. The van der Waals surface area contributed by atoms with Crippen LogP contribution in [0, 0.1) is 0 Å². The minimum absolute atomic E-state index is 0. The summed E-state index contributed by atoms with van der Waals surface area (Å²) in [5.74, 6) is 0.615. The van der Waals surface area contributed by atoms with E-state index in [2.05, 4.69) is 20.8 Å². The molecule has 1 aliphatic rings. The van der Waals surface area contributed by atoms with Crippen LogP contribution in [0.1, 0.15) is 63.6 Å². The fourth-order valence-corrected chi connectivity index (χ4v) is 3.67. The Kier molecular flexibility index (Phi) is 8.01. The van der Waals surface area contributed by atoms with Crippen molar-refractivity contribution in [3.63, 3.8) is 0 Å². The van der Waals surface area contributed by atoms with Crippen LogP contribution < -0.4 is 16.4 Å². The molecule has 0 unspecified atom stereocenters. The first-order chi connectivity index (χ1) is 13.5. The van der Waals surface area contributed by atoms with Crippen LogP contribution in [-0.2, 0) is 21.5 Å². The first-order valence-electron chi connectivity index (χ1n) is 9.75. The summed E-state index contributed by atoms with van der Waals surface area (Å²) in [6, 6.07) is 7.10. The molecule has 0 atom stereocenters. The molecule has 0 radical (unpaired) electrons. The number of anilines is 2. The molecule has 4 N–H and O–H groups in total. The molecule has 1 fully saturated rings. The normalized spacial score (nSPS) is 15.6. The zero-order chi connectivity index (χ0) is 20.0. The van der Waals surface area contributed by atoms with Crippen molar-refractivity contribution in [2.75, 3.05) is 11.1 Å². The smallest absolute Gasteiger partial charge is 0.227 e. The van der Waals surface area contributed by atoms with E-state index >= 15 is 0 Å². The predicted molar refractivity (Wildman–Crippen MR) is 113 cm³/mol. The lowest BCUT2D eigenvalue weighted by Crippen LogP contribution is -2.45. The monoisotopic (exact) mass is 421 g/mol. The minimum atomic E-state index is -0.579. The third-order valence-electron chi connectivity index (χ3n) is 5.07. The van der Waals surface area contributed by atoms with E-state index in [1.165, 1.54) is 6.92 Å². The van der Waals surface area contributed by atoms with Crippen molar-refractivity contribution in [2.45, 2.75) is 63.8 Å². The summed E-state index contributed by atoms with van der Waals surface area (Å²) in [7, 11) is 0. The van der Waals surface area contributed by atoms with Crippen LogP contribution >= 0.6 is 12.4 Å². The highest BCUT2D eigenvalue weighted by molar-refractivity contribution is 5.93. The Morgan fingerprint density at radius 2 is 1.86 bits per heavy atom. The minimum Gasteiger partial charge on any atom is -0.397 e. The van der Waals surface area contributed by atoms with Crippen molar-refractivity contribution >= 4 is 35.6 Å². The van der Waals surface area contributed by atoms with Crippen LogP contribution in [-0.4, -0.2) is 22.0 Å². The number of aryl methyl sites for hydroxylation is 1. The summed E-state index contributed by atoms with van der Waals surface area (Å²) in [4.78, 5) is 28.5. The van der Waals surface area contributed by atoms with Crippen molar-refractivity contribution in [3.8, 4) is 0 Å². The Hall–Kier alpha value is -2.61. The van der Waals surface area contributed by atoms with Gasteiger partial charge in [-0.25, -0.2) is 0 Å². The molecule has 1 heterocycles. The van der Waals surface area contributed by atoms with Gasteiger partial charge in [-0.1, -0.05) is 43.0 Å². The molecule has 2 amide bonds. The van der Waals surface area contributed by atoms with Crippen molar-refractivity contribution in [1.29, 1.82) is 0 Å². The molecule has 1 aromatic carbocycles. The number of halogens is 1. The van der Waals surface area contributed by atoms with E-state index < -0.39 is 5.54 Å². The van der Waals surface area contributed by atoms with Crippen LogP contribution in [0.4, 0.5) is 11.4 Å². The highest BCUT2D eigenvalue weighted by Crippen LogP contribution is 2.34. The SMILES string of the molecule is CC(=O)NC1(c2noc(CCC(=O)Nc3ccccc3N)n2)CCCCCC1.Cl. The van der Waals surface area contributed by atoms with Crippen molar-refractivity contribution in [3.05, 3.63) is 36.0 Å². The number of nitrogens with zero attached hydrogens (tertiary/aromatic N) is 2. The number of aromatic nitrogens is 2. The van der Waals surface area contributed by atoms with Gasteiger partial charge in [0.25, 0.3) is 0 Å². The maximum atomic E-state index is 12.2. The second-order valence-electron chi connectivity index (χ2n) is 7.32. The first kappa shape index (κ1) is 22.7. The van der Waals surface area contributed by atoms with E-state index in [1.54, 1.807) is 12.1 Å². The number of nitrogen functional groups attached to an aromatic ring is 1. The zero-order valence-corrected chi connectivity index (χ0v) is 17.4. The molecule has 29 heavy (non-hydrogen) atoms. The number of para-hydroxylation sites is 2. The number of nitrogens with one attached hydrogen (secondary N) is 2. The van der Waals surface area contributed by atoms with Crippen molar-refractivity contribution < 1.29 is 14.1 Å². The van der Waals surface area contributed by atoms with Gasteiger partial charge in [-0.3, -0.25) is 9.59 Å². The molecule has 2 aromatic rings. The molecule has 3 rings (SSSR count). The highest BCUT2D eigenvalue weighted by Gasteiger charge is 2.38. The Balaban J connectivity index is 0.00000300. The molecular formula is C20H28ClN5O3. The molecular weight excluding hydrogens is 394 g/mol. The highest BCUT2D eigenvalue weighted by atomic mass is 35.5. The lowest BCUT2D eigenvalue weighted by atomic mass is 9.89. The van der Waals surface area contributed by atoms with Crippen LogP contribution in [0.15, 0.2) is 28.8 Å². The summed E-state index contributed by atoms with van der Waals surface area (Å²) in [5.41, 5.74) is 6.36. The van der Waals surface area contributed by atoms with Gasteiger partial charge >= 0.3 is 0 Å². The van der Waals surface area contributed by atoms with E-state index in [0.717, 1.165) is 38.5 Å². The van der Waals surface area contributed by atoms with Gasteiger partial charge in [-0.15, -0.1) is 12.4 Å². The second kappa shape index (κ2) is 10.2. The van der Waals surface area contributed by atoms with Crippen LogP contribution in [0.2, 0.25) is 0 Å². The summed E-state index contributed by atoms with van der Waals surface area (Å²) < 4.78 is 5.37. The predicted octanol–water partition coefficient (Wildman–Crippen LogP) is 3.33. The van der Waals surface area contributed by atoms with Gasteiger partial charge in [-0.05, 0) is 25.0 Å². The Bertz CT molecular complexity index is 831. The number of carbonyl (C=O) groups is 2. The van der Waals surface area contributed by atoms with Crippen molar-refractivity contribution in [2.24, 2.45) is 0 Å². The lowest BCUT2D eigenvalue weighted by Gasteiger charge is -2.30. The molecule has 158 valence electrons. The van der Waals surface area contributed by atoms with Gasteiger partial charge in [0.1, 0.15) is 5.54 Å². The van der Waals surface area contributed by atoms with Crippen molar-refractivity contribution in [1.82, 2.24) is 15.5 Å². The second-order valence-corrected chi connectivity index (χ2v) is 7.32. The molecule has 0 saturated heterocycles. The maximum absolute atomic E-state index is 12.2. The topological polar surface area (TPSA) is 123 Å². The number of rotatable bonds is 6. The molecule has 1 aromatic heterocycles. The summed E-state index contributed by atoms with van der Waals surface area (Å²) >= 11 is 0. The van der Waals surface area contributed by atoms with E-state index in [9.17, 15) is 9.59 Å². The molecule has 0 spiro atoms. The Labute approximate surface area is 176 Å². The molecule has 9 heteroatoms. The molecule has 0 bridgehead atoms. The van der Waals surface area contributed by atoms with Gasteiger partial charge in [0.2, 0.25) is 17.7 Å². The first-order valence-corrected chi connectivity index (χ1v) is 9.75. The summed E-state index contributed by atoms with van der Waals surface area (Å²) in [6.45, 7) is 1.51. The third-order valence-corrected chi connectivity index (χ3v) is 5.07. The van der Waals surface area contributed by atoms with Gasteiger partial charge < -0.3 is 20.9 Å². The third kappa shape index (κ3) is 5.93. The number of amides is 2. The number of carbonyl (C=O) groups excluding carboxylic acids is 2. The zero-order valence-electron chi connectivity index (χ0n) is 16.6. The lowest BCUT2D eigenvalue weighted by molar-refractivity contribution is -0.121. The van der Waals surface area contributed by atoms with E-state index in [0.29, 0.717) is 29.5 Å². The molecule has 1 aliphatic carbocycles. The number of nitrogens with two attached hydrogens (primary N) is 1. The number of hydrogen-bond acceptors (Lipinski definition) is 6. The van der Waals surface area contributed by atoms with E-state index in [4.69, 9.17) is 10.3 Å². The van der Waals surface area contributed by atoms with Gasteiger partial charge in [0.15, 0.2) is 5.82 Å². The molecule has 0 aliphatic heterocycles. The molecule has 1 saturated carbocycles. The van der Waals surface area contributed by atoms with Crippen LogP contribution in [0.3, 0.4) is 0 Å². The summed E-state index contributed by atoms with van der Waals surface area (Å²) in [6.07, 6.45) is 6.38. The quantitative estimate of drug-likeness (QED) is 0.485. The average Bonchev–Trinajstić information content (AvgIpc) is 3.02. The fourth-order valence-electron chi connectivity index (χ4n) is 3.67. The number of hydrogen-bond donors (Lipinski definition) is 3. The van der Waals surface area contributed by atoms with Crippen LogP contribution in [0.5, 0.6) is 0 Å². The Morgan fingerprint density at radius 1 is 1.17 bits per heavy atom. The standard InChI is InChI=1S/C20H27N5O3.ClH/c1-14(26)24-20(12-6-2-3-7-13-20)19-23-18(28-25-19)11-10-17(27)22-16-9-5-4-8-15(16)21;/h4-5,8-9H,2-3,6-7,10-13,21H2,1H3,(H,22,27)(H,24,26);1H. The maximum Gasteiger partial charge on any atom is 0.227 e. The largest absolute Gasteiger partial charge is 0.397 e. The average molecular weight is 422 g/mol. The fraction of sp³-hybridized carbons (Fsp3) is 0.500. The Morgan fingerprint density at radius 3 is 2.52 bits per heavy atom. The van der Waals surface area contributed by atoms with E-state index in [-0.39, 0.29) is 30.6 Å².